The van der Waals surface area contributed by atoms with E-state index in [0.29, 0.717) is 11.4 Å². The van der Waals surface area contributed by atoms with E-state index < -0.39 is 5.91 Å². The number of nitrogen functional groups attached to an aromatic ring is 1. The number of hydrogen-bond donors (Lipinski definition) is 3. The molecule has 106 valence electrons. The van der Waals surface area contributed by atoms with Crippen molar-refractivity contribution >= 4 is 19.6 Å². The lowest BCUT2D eigenvalue weighted by molar-refractivity contribution is 0.100. The Bertz CT molecular complexity index is 630. The monoisotopic (exact) mass is 273 g/mol. The summed E-state index contributed by atoms with van der Waals surface area (Å²) in [6, 6.07) is 1.72. The quantitative estimate of drug-likeness (QED) is 0.711. The van der Waals surface area contributed by atoms with Gasteiger partial charge >= 0.3 is 0 Å². The van der Waals surface area contributed by atoms with E-state index in [1.165, 1.54) is 5.57 Å². The van der Waals surface area contributed by atoms with Crippen LogP contribution in [0, 0.1) is 0 Å². The number of nitrogens with two attached hydrogens (primary N) is 2. The topological polar surface area (TPSA) is 94.1 Å². The third-order valence-corrected chi connectivity index (χ3v) is 3.87. The summed E-state index contributed by atoms with van der Waals surface area (Å²) in [4.78, 5) is 14.4. The molecule has 1 unspecified atom stereocenters. The van der Waals surface area contributed by atoms with E-state index in [2.05, 4.69) is 24.9 Å². The number of primary amides is 1. The lowest BCUT2D eigenvalue weighted by Crippen LogP contribution is -2.30. The number of allylic oxidation sites excluding steroid dienone is 4. The summed E-state index contributed by atoms with van der Waals surface area (Å²) in [7, 11) is 3.67. The fourth-order valence-corrected chi connectivity index (χ4v) is 3.13. The van der Waals surface area contributed by atoms with E-state index >= 15 is 0 Å². The second-order valence-corrected chi connectivity index (χ2v) is 5.59. The largest absolute Gasteiger partial charge is 0.501 e. The van der Waals surface area contributed by atoms with Crippen LogP contribution < -0.4 is 11.5 Å². The van der Waals surface area contributed by atoms with E-state index in [0.717, 1.165) is 23.3 Å². The lowest BCUT2D eigenvalue weighted by Gasteiger charge is -2.35. The van der Waals surface area contributed by atoms with Crippen molar-refractivity contribution < 1.29 is 9.53 Å². The van der Waals surface area contributed by atoms with Gasteiger partial charge in [-0.1, -0.05) is 17.1 Å². The van der Waals surface area contributed by atoms with Crippen LogP contribution in [0.15, 0.2) is 28.9 Å². The Kier molecular flexibility index (Phi) is 3.42. The van der Waals surface area contributed by atoms with Gasteiger partial charge < -0.3 is 21.2 Å². The van der Waals surface area contributed by atoms with Crippen LogP contribution in [0.4, 0.5) is 5.82 Å². The van der Waals surface area contributed by atoms with Crippen LogP contribution in [0.5, 0.6) is 0 Å². The first-order valence-corrected chi connectivity index (χ1v) is 6.51. The highest BCUT2D eigenvalue weighted by Gasteiger charge is 2.38. The summed E-state index contributed by atoms with van der Waals surface area (Å²) in [6.45, 7) is 4.15. The number of anilines is 1. The number of ether oxygens (including phenoxy) is 1. The van der Waals surface area contributed by atoms with Crippen LogP contribution in [0.25, 0.3) is 0 Å². The van der Waals surface area contributed by atoms with Crippen molar-refractivity contribution in [3.05, 3.63) is 40.2 Å². The van der Waals surface area contributed by atoms with Crippen molar-refractivity contribution in [2.75, 3.05) is 12.8 Å². The first kappa shape index (κ1) is 14.3. The number of H-pyrrole nitrogens is 1. The summed E-state index contributed by atoms with van der Waals surface area (Å²) in [5, 5.41) is 0. The van der Waals surface area contributed by atoms with Crippen molar-refractivity contribution in [3.63, 3.8) is 0 Å². The molecule has 1 aliphatic rings. The molecule has 0 saturated heterocycles. The molecule has 1 aliphatic carbocycles. The molecule has 20 heavy (non-hydrogen) atoms. The Balaban J connectivity index is 2.58. The maximum atomic E-state index is 11.4. The number of aromatic amines is 1. The fraction of sp³-hybridized carbons (Fsp3) is 0.357. The molecule has 0 aliphatic heterocycles. The van der Waals surface area contributed by atoms with Gasteiger partial charge in [0, 0.05) is 5.69 Å². The van der Waals surface area contributed by atoms with Gasteiger partial charge in [-0.25, -0.2) is 0 Å². The standard InChI is InChI=1S/C14H20BN3O2/c1-7-4-9(15)11(20-3)14(2,6-7)10-5-8(13(17)19)12(16)18-10/h4-5,18H,6,15-16H2,1-3H3,(H2,17,19). The van der Waals surface area contributed by atoms with E-state index in [1.807, 2.05) is 7.85 Å². The van der Waals surface area contributed by atoms with Gasteiger partial charge in [0.1, 0.15) is 19.4 Å². The van der Waals surface area contributed by atoms with Gasteiger partial charge in [0.2, 0.25) is 0 Å². The molecule has 0 bridgehead atoms. The Morgan fingerprint density at radius 2 is 2.20 bits per heavy atom. The minimum Gasteiger partial charge on any atom is -0.501 e. The Morgan fingerprint density at radius 1 is 1.55 bits per heavy atom. The third kappa shape index (κ3) is 2.11. The number of carbonyl (C=O) groups is 1. The second kappa shape index (κ2) is 4.78. The average Bonchev–Trinajstić information content (AvgIpc) is 2.71. The molecule has 1 aromatic heterocycles. The molecule has 1 amide bonds. The highest BCUT2D eigenvalue weighted by atomic mass is 16.5. The molecule has 2 rings (SSSR count). The van der Waals surface area contributed by atoms with Gasteiger partial charge in [-0.2, -0.15) is 0 Å². The summed E-state index contributed by atoms with van der Waals surface area (Å²) in [5.74, 6) is 0.644. The number of aromatic nitrogens is 1. The number of amides is 1. The molecule has 1 aromatic rings. The number of rotatable bonds is 3. The Hall–Kier alpha value is -2.11. The predicted molar refractivity (Wildman–Crippen MR) is 82.0 cm³/mol. The zero-order valence-corrected chi connectivity index (χ0v) is 12.3. The van der Waals surface area contributed by atoms with E-state index in [4.69, 9.17) is 16.2 Å². The normalized spacial score (nSPS) is 22.6. The van der Waals surface area contributed by atoms with E-state index in [-0.39, 0.29) is 5.41 Å². The van der Waals surface area contributed by atoms with Crippen molar-refractivity contribution in [3.8, 4) is 0 Å². The summed E-state index contributed by atoms with van der Waals surface area (Å²) >= 11 is 0. The molecular formula is C14H20BN3O2. The Labute approximate surface area is 119 Å². The number of hydrogen-bond acceptors (Lipinski definition) is 3. The van der Waals surface area contributed by atoms with Crippen molar-refractivity contribution in [2.45, 2.75) is 25.7 Å². The first-order valence-electron chi connectivity index (χ1n) is 6.51. The lowest BCUT2D eigenvalue weighted by atomic mass is 9.70. The van der Waals surface area contributed by atoms with E-state index in [1.54, 1.807) is 13.2 Å². The molecule has 1 heterocycles. The van der Waals surface area contributed by atoms with Gasteiger partial charge in [0.05, 0.1) is 18.1 Å². The van der Waals surface area contributed by atoms with Crippen LogP contribution in [0.3, 0.4) is 0 Å². The molecule has 6 heteroatoms. The zero-order valence-electron chi connectivity index (χ0n) is 12.3. The summed E-state index contributed by atoms with van der Waals surface area (Å²) in [6.07, 6.45) is 2.91. The van der Waals surface area contributed by atoms with E-state index in [9.17, 15) is 4.79 Å². The number of methoxy groups -OCH3 is 1. The van der Waals surface area contributed by atoms with Crippen LogP contribution >= 0.6 is 0 Å². The average molecular weight is 273 g/mol. The molecule has 0 spiro atoms. The molecular weight excluding hydrogens is 253 g/mol. The fourth-order valence-electron chi connectivity index (χ4n) is 3.13. The second-order valence-electron chi connectivity index (χ2n) is 5.59. The van der Waals surface area contributed by atoms with Crippen molar-refractivity contribution in [1.29, 1.82) is 0 Å². The molecule has 1 atom stereocenters. The molecule has 0 aromatic carbocycles. The zero-order chi connectivity index (χ0) is 15.1. The maximum Gasteiger partial charge on any atom is 0.252 e. The van der Waals surface area contributed by atoms with Crippen LogP contribution in [-0.4, -0.2) is 25.8 Å². The molecule has 0 fully saturated rings. The highest BCUT2D eigenvalue weighted by molar-refractivity contribution is 6.24. The van der Waals surface area contributed by atoms with Crippen molar-refractivity contribution in [2.24, 2.45) is 5.73 Å². The van der Waals surface area contributed by atoms with Gasteiger partial charge in [-0.05, 0) is 26.3 Å². The molecule has 5 N–H and O–H groups in total. The van der Waals surface area contributed by atoms with Gasteiger partial charge in [0.25, 0.3) is 5.91 Å². The molecule has 0 saturated carbocycles. The minimum absolute atomic E-state index is 0.300. The summed E-state index contributed by atoms with van der Waals surface area (Å²) in [5.41, 5.74) is 14.3. The smallest absolute Gasteiger partial charge is 0.252 e. The first-order chi connectivity index (χ1) is 9.29. The Morgan fingerprint density at radius 3 is 2.70 bits per heavy atom. The summed E-state index contributed by atoms with van der Waals surface area (Å²) < 4.78 is 5.59. The number of nitrogens with one attached hydrogen (secondary N) is 1. The predicted octanol–water partition coefficient (Wildman–Crippen LogP) is 0.795. The van der Waals surface area contributed by atoms with Gasteiger partial charge in [-0.15, -0.1) is 0 Å². The molecule has 5 nitrogen and oxygen atoms in total. The molecule has 0 radical (unpaired) electrons. The van der Waals surface area contributed by atoms with Crippen LogP contribution in [0.2, 0.25) is 0 Å². The van der Waals surface area contributed by atoms with Crippen molar-refractivity contribution in [1.82, 2.24) is 4.98 Å². The van der Waals surface area contributed by atoms with Crippen LogP contribution in [0.1, 0.15) is 36.3 Å². The maximum absolute atomic E-state index is 11.4. The highest BCUT2D eigenvalue weighted by Crippen LogP contribution is 2.42. The van der Waals surface area contributed by atoms with Gasteiger partial charge in [-0.3, -0.25) is 4.79 Å². The van der Waals surface area contributed by atoms with Crippen LogP contribution in [-0.2, 0) is 10.2 Å². The number of carbonyl (C=O) groups excluding carboxylic acids is 1. The minimum atomic E-state index is -0.531. The SMILES string of the molecule is BC1=C(OC)C(C)(c2cc(C(N)=O)c(N)[nH]2)CC(C)=C1. The third-order valence-electron chi connectivity index (χ3n) is 3.87. The van der Waals surface area contributed by atoms with Gasteiger partial charge in [0.15, 0.2) is 0 Å².